The Labute approximate surface area is 112 Å². The number of nitrogens with zero attached hydrogens (tertiary/aromatic N) is 1. The van der Waals surface area contributed by atoms with Gasteiger partial charge in [-0.15, -0.1) is 0 Å². The van der Waals surface area contributed by atoms with Gasteiger partial charge >= 0.3 is 0 Å². The van der Waals surface area contributed by atoms with E-state index < -0.39 is 11.9 Å². The Hall–Kier alpha value is -1.50. The van der Waals surface area contributed by atoms with Crippen LogP contribution in [0.4, 0.5) is 0 Å². The maximum Gasteiger partial charge on any atom is 0.275 e. The molecule has 1 aliphatic rings. The van der Waals surface area contributed by atoms with Crippen LogP contribution >= 0.6 is 0 Å². The lowest BCUT2D eigenvalue weighted by Crippen LogP contribution is -2.37. The van der Waals surface area contributed by atoms with E-state index >= 15 is 0 Å². The van der Waals surface area contributed by atoms with Crippen molar-refractivity contribution in [1.82, 2.24) is 10.5 Å². The fourth-order valence-electron chi connectivity index (χ4n) is 1.73. The van der Waals surface area contributed by atoms with Gasteiger partial charge in [-0.1, -0.05) is 0 Å². The minimum Gasteiger partial charge on any atom is -0.347 e. The molecule has 1 aliphatic heterocycles. The molecule has 1 N–H and O–H groups in total. The molecule has 1 aromatic rings. The predicted octanol–water partition coefficient (Wildman–Crippen LogP) is 1.34. The molecule has 1 aromatic heterocycles. The molecule has 0 unspecified atom stereocenters. The van der Waals surface area contributed by atoms with E-state index in [4.69, 9.17) is 14.3 Å². The van der Waals surface area contributed by atoms with Crippen LogP contribution in [0.1, 0.15) is 32.4 Å². The van der Waals surface area contributed by atoms with Crippen LogP contribution in [0, 0.1) is 0 Å². The molecule has 0 spiro atoms. The number of hydrogen-bond donors (Lipinski definition) is 1. The first-order chi connectivity index (χ1) is 8.98. The summed E-state index contributed by atoms with van der Waals surface area (Å²) in [4.78, 5) is 21.0. The molecule has 6 nitrogen and oxygen atoms in total. The molecule has 0 radical (unpaired) electrons. The van der Waals surface area contributed by atoms with Gasteiger partial charge in [-0.3, -0.25) is 14.6 Å². The topological polar surface area (TPSA) is 69.7 Å². The van der Waals surface area contributed by atoms with E-state index in [-0.39, 0.29) is 18.6 Å². The van der Waals surface area contributed by atoms with Gasteiger partial charge in [0.05, 0.1) is 6.61 Å². The summed E-state index contributed by atoms with van der Waals surface area (Å²) >= 11 is 0. The number of aromatic nitrogens is 1. The Balaban J connectivity index is 1.81. The fourth-order valence-corrected chi connectivity index (χ4v) is 1.73. The van der Waals surface area contributed by atoms with Crippen LogP contribution in [0.3, 0.4) is 0 Å². The Morgan fingerprint density at radius 3 is 2.79 bits per heavy atom. The van der Waals surface area contributed by atoms with Crippen LogP contribution in [-0.2, 0) is 19.1 Å². The SMILES string of the molecule is C[C@H](ONC(=O)[C@@H]1COC(C)(C)O1)c1ccncc1. The molecular weight excluding hydrogens is 248 g/mol. The van der Waals surface area contributed by atoms with Crippen LogP contribution in [0.5, 0.6) is 0 Å². The van der Waals surface area contributed by atoms with Gasteiger partial charge in [-0.05, 0) is 38.5 Å². The molecular formula is C13H18N2O4. The second kappa shape index (κ2) is 5.64. The van der Waals surface area contributed by atoms with Crippen LogP contribution in [-0.4, -0.2) is 29.4 Å². The molecule has 104 valence electrons. The Morgan fingerprint density at radius 2 is 2.21 bits per heavy atom. The standard InChI is InChI=1S/C13H18N2O4/c1-9(10-4-6-14-7-5-10)19-15-12(16)11-8-17-13(2,3)18-11/h4-7,9,11H,8H2,1-3H3,(H,15,16)/t9-,11-/m0/s1. The highest BCUT2D eigenvalue weighted by molar-refractivity contribution is 5.80. The van der Waals surface area contributed by atoms with Crippen molar-refractivity contribution in [2.24, 2.45) is 0 Å². The average Bonchev–Trinajstić information content (AvgIpc) is 2.77. The van der Waals surface area contributed by atoms with Crippen molar-refractivity contribution in [2.75, 3.05) is 6.61 Å². The second-order valence-corrected chi connectivity index (χ2v) is 4.82. The van der Waals surface area contributed by atoms with E-state index in [2.05, 4.69) is 10.5 Å². The van der Waals surface area contributed by atoms with Crippen LogP contribution in [0.25, 0.3) is 0 Å². The minimum absolute atomic E-state index is 0.228. The van der Waals surface area contributed by atoms with E-state index in [1.807, 2.05) is 19.1 Å². The van der Waals surface area contributed by atoms with Gasteiger partial charge in [0.25, 0.3) is 5.91 Å². The summed E-state index contributed by atoms with van der Waals surface area (Å²) in [5, 5.41) is 0. The van der Waals surface area contributed by atoms with Crippen LogP contribution in [0.2, 0.25) is 0 Å². The number of hydroxylamine groups is 1. The summed E-state index contributed by atoms with van der Waals surface area (Å²) in [5.74, 6) is -1.06. The molecule has 2 atom stereocenters. The molecule has 1 amide bonds. The largest absolute Gasteiger partial charge is 0.347 e. The molecule has 6 heteroatoms. The van der Waals surface area contributed by atoms with Gasteiger partial charge in [-0.25, -0.2) is 5.48 Å². The summed E-state index contributed by atoms with van der Waals surface area (Å²) < 4.78 is 10.7. The van der Waals surface area contributed by atoms with E-state index in [1.165, 1.54) is 0 Å². The van der Waals surface area contributed by atoms with Crippen molar-refractivity contribution < 1.29 is 19.1 Å². The van der Waals surface area contributed by atoms with Crippen LogP contribution < -0.4 is 5.48 Å². The summed E-state index contributed by atoms with van der Waals surface area (Å²) in [6, 6.07) is 3.66. The zero-order valence-corrected chi connectivity index (χ0v) is 11.3. The third kappa shape index (κ3) is 3.73. The lowest BCUT2D eigenvalue weighted by molar-refractivity contribution is -0.163. The van der Waals surface area contributed by atoms with Crippen LogP contribution in [0.15, 0.2) is 24.5 Å². The zero-order chi connectivity index (χ0) is 13.9. The highest BCUT2D eigenvalue weighted by Gasteiger charge is 2.37. The number of carbonyl (C=O) groups excluding carboxylic acids is 1. The number of carbonyl (C=O) groups is 1. The van der Waals surface area contributed by atoms with Gasteiger partial charge in [0.2, 0.25) is 0 Å². The number of rotatable bonds is 4. The predicted molar refractivity (Wildman–Crippen MR) is 66.8 cm³/mol. The third-order valence-corrected chi connectivity index (χ3v) is 2.81. The summed E-state index contributed by atoms with van der Waals surface area (Å²) in [5.41, 5.74) is 3.33. The fraction of sp³-hybridized carbons (Fsp3) is 0.538. The van der Waals surface area contributed by atoms with Gasteiger partial charge < -0.3 is 9.47 Å². The Kier molecular flexibility index (Phi) is 4.14. The highest BCUT2D eigenvalue weighted by Crippen LogP contribution is 2.22. The number of pyridine rings is 1. The first-order valence-corrected chi connectivity index (χ1v) is 6.15. The van der Waals surface area contributed by atoms with Crippen molar-refractivity contribution in [3.8, 4) is 0 Å². The molecule has 1 saturated heterocycles. The maximum atomic E-state index is 11.8. The average molecular weight is 266 g/mol. The zero-order valence-electron chi connectivity index (χ0n) is 11.3. The summed E-state index contributed by atoms with van der Waals surface area (Å²) in [7, 11) is 0. The van der Waals surface area contributed by atoms with Gasteiger partial charge in [-0.2, -0.15) is 0 Å². The third-order valence-electron chi connectivity index (χ3n) is 2.81. The summed E-state index contributed by atoms with van der Waals surface area (Å²) in [6.07, 6.45) is 2.45. The maximum absolute atomic E-state index is 11.8. The van der Waals surface area contributed by atoms with Crippen molar-refractivity contribution >= 4 is 5.91 Å². The first kappa shape index (κ1) is 13.9. The first-order valence-electron chi connectivity index (χ1n) is 6.15. The van der Waals surface area contributed by atoms with Gasteiger partial charge in [0.1, 0.15) is 6.10 Å². The van der Waals surface area contributed by atoms with Crippen molar-refractivity contribution in [3.05, 3.63) is 30.1 Å². The lowest BCUT2D eigenvalue weighted by atomic mass is 10.2. The van der Waals surface area contributed by atoms with Crippen molar-refractivity contribution in [1.29, 1.82) is 0 Å². The molecule has 0 aromatic carbocycles. The molecule has 19 heavy (non-hydrogen) atoms. The Bertz CT molecular complexity index is 436. The lowest BCUT2D eigenvalue weighted by Gasteiger charge is -2.18. The molecule has 2 heterocycles. The van der Waals surface area contributed by atoms with Crippen molar-refractivity contribution in [3.63, 3.8) is 0 Å². The van der Waals surface area contributed by atoms with E-state index in [0.29, 0.717) is 0 Å². The summed E-state index contributed by atoms with van der Waals surface area (Å²) in [6.45, 7) is 5.60. The van der Waals surface area contributed by atoms with E-state index in [1.54, 1.807) is 26.2 Å². The molecule has 0 aliphatic carbocycles. The molecule has 0 saturated carbocycles. The highest BCUT2D eigenvalue weighted by atomic mass is 16.7. The number of amides is 1. The molecule has 1 fully saturated rings. The normalized spacial score (nSPS) is 23.0. The van der Waals surface area contributed by atoms with E-state index in [0.717, 1.165) is 5.56 Å². The minimum atomic E-state index is -0.723. The monoisotopic (exact) mass is 266 g/mol. The molecule has 0 bridgehead atoms. The number of ether oxygens (including phenoxy) is 2. The van der Waals surface area contributed by atoms with Crippen molar-refractivity contribution in [2.45, 2.75) is 38.8 Å². The number of hydrogen-bond acceptors (Lipinski definition) is 5. The molecule has 2 rings (SSSR count). The quantitative estimate of drug-likeness (QED) is 0.833. The van der Waals surface area contributed by atoms with E-state index in [9.17, 15) is 4.79 Å². The number of nitrogens with one attached hydrogen (secondary N) is 1. The Morgan fingerprint density at radius 1 is 1.53 bits per heavy atom. The second-order valence-electron chi connectivity index (χ2n) is 4.82. The van der Waals surface area contributed by atoms with Gasteiger partial charge in [0.15, 0.2) is 11.9 Å². The smallest absolute Gasteiger partial charge is 0.275 e. The van der Waals surface area contributed by atoms with Gasteiger partial charge in [0, 0.05) is 12.4 Å².